The first-order valence-electron chi connectivity index (χ1n) is 9.32. The zero-order valence-electron chi connectivity index (χ0n) is 16.8. The van der Waals surface area contributed by atoms with Gasteiger partial charge in [-0.05, 0) is 45.9 Å². The van der Waals surface area contributed by atoms with Crippen molar-refractivity contribution in [3.8, 4) is 5.82 Å². The quantitative estimate of drug-likeness (QED) is 0.626. The van der Waals surface area contributed by atoms with Gasteiger partial charge >= 0.3 is 0 Å². The molecule has 0 saturated carbocycles. The molecule has 3 aromatic heterocycles. The van der Waals surface area contributed by atoms with Gasteiger partial charge in [0.2, 0.25) is 10.0 Å². The van der Waals surface area contributed by atoms with Gasteiger partial charge < -0.3 is 9.42 Å². The summed E-state index contributed by atoms with van der Waals surface area (Å²) in [6.07, 6.45) is 0. The summed E-state index contributed by atoms with van der Waals surface area (Å²) in [5.41, 5.74) is 2.29. The van der Waals surface area contributed by atoms with Gasteiger partial charge in [-0.1, -0.05) is 5.16 Å². The highest BCUT2D eigenvalue weighted by Crippen LogP contribution is 2.25. The highest BCUT2D eigenvalue weighted by atomic mass is 32.2. The Morgan fingerprint density at radius 3 is 2.14 bits per heavy atom. The van der Waals surface area contributed by atoms with Crippen molar-refractivity contribution >= 4 is 15.8 Å². The van der Waals surface area contributed by atoms with Crippen molar-refractivity contribution in [2.75, 3.05) is 31.1 Å². The summed E-state index contributed by atoms with van der Waals surface area (Å²) in [4.78, 5) is 2.19. The van der Waals surface area contributed by atoms with Crippen LogP contribution in [0.3, 0.4) is 0 Å². The second kappa shape index (κ2) is 7.23. The molecule has 0 N–H and O–H groups in total. The van der Waals surface area contributed by atoms with Crippen molar-refractivity contribution in [2.24, 2.45) is 0 Å². The van der Waals surface area contributed by atoms with Crippen LogP contribution >= 0.6 is 0 Å². The molecule has 4 rings (SSSR count). The molecule has 1 fully saturated rings. The van der Waals surface area contributed by atoms with E-state index in [1.807, 2.05) is 36.9 Å². The third kappa shape index (κ3) is 3.51. The molecule has 154 valence electrons. The molecular weight excluding hydrogens is 394 g/mol. The first-order chi connectivity index (χ1) is 13.8. The van der Waals surface area contributed by atoms with Gasteiger partial charge in [-0.3, -0.25) is 0 Å². The number of hydrogen-bond donors (Lipinski definition) is 0. The van der Waals surface area contributed by atoms with Gasteiger partial charge in [0, 0.05) is 31.9 Å². The number of aryl methyl sites for hydroxylation is 4. The molecule has 10 nitrogen and oxygen atoms in total. The van der Waals surface area contributed by atoms with Gasteiger partial charge in [-0.25, -0.2) is 13.1 Å². The van der Waals surface area contributed by atoms with E-state index in [0.717, 1.165) is 11.4 Å². The van der Waals surface area contributed by atoms with Crippen LogP contribution in [0.5, 0.6) is 0 Å². The van der Waals surface area contributed by atoms with Crippen molar-refractivity contribution in [3.05, 3.63) is 41.0 Å². The fraction of sp³-hybridized carbons (Fsp3) is 0.444. The number of rotatable bonds is 4. The van der Waals surface area contributed by atoms with Gasteiger partial charge in [-0.2, -0.15) is 9.40 Å². The van der Waals surface area contributed by atoms with Crippen LogP contribution in [0.15, 0.2) is 27.6 Å². The van der Waals surface area contributed by atoms with E-state index in [1.165, 1.54) is 4.31 Å². The maximum atomic E-state index is 12.9. The zero-order valence-corrected chi connectivity index (χ0v) is 17.6. The molecule has 0 spiro atoms. The van der Waals surface area contributed by atoms with Crippen molar-refractivity contribution in [1.82, 2.24) is 29.4 Å². The number of sulfonamides is 1. The van der Waals surface area contributed by atoms with Gasteiger partial charge in [-0.15, -0.1) is 10.2 Å². The summed E-state index contributed by atoms with van der Waals surface area (Å²) in [5, 5.41) is 16.8. The molecule has 4 heterocycles. The van der Waals surface area contributed by atoms with E-state index in [0.29, 0.717) is 49.3 Å². The first kappa shape index (κ1) is 19.5. The van der Waals surface area contributed by atoms with Gasteiger partial charge in [0.05, 0.1) is 5.69 Å². The molecule has 1 saturated heterocycles. The molecule has 0 bridgehead atoms. The first-order valence-corrected chi connectivity index (χ1v) is 10.8. The molecule has 11 heteroatoms. The number of anilines is 1. The minimum absolute atomic E-state index is 0.167. The third-order valence-electron chi connectivity index (χ3n) is 4.99. The predicted molar refractivity (Wildman–Crippen MR) is 106 cm³/mol. The lowest BCUT2D eigenvalue weighted by Crippen LogP contribution is -2.49. The minimum Gasteiger partial charge on any atom is -0.360 e. The molecule has 0 atom stereocenters. The molecule has 1 aliphatic rings. The standard InChI is InChI=1S/C18H23N7O3S/c1-12-11-13(2)25(21-12)17-6-5-16(19-20-17)23-7-9-24(10-8-23)29(26,27)18-14(3)22-28-15(18)4/h5-6,11H,7-10H2,1-4H3. The molecule has 0 aromatic carbocycles. The monoisotopic (exact) mass is 417 g/mol. The Bertz CT molecular complexity index is 1110. The van der Waals surface area contributed by atoms with Gasteiger partial charge in [0.1, 0.15) is 10.6 Å². The molecular formula is C18H23N7O3S. The van der Waals surface area contributed by atoms with E-state index >= 15 is 0 Å². The van der Waals surface area contributed by atoms with Crippen LogP contribution in [0.25, 0.3) is 5.82 Å². The lowest BCUT2D eigenvalue weighted by molar-refractivity contribution is 0.377. The van der Waals surface area contributed by atoms with Crippen molar-refractivity contribution in [3.63, 3.8) is 0 Å². The van der Waals surface area contributed by atoms with Crippen LogP contribution in [0, 0.1) is 27.7 Å². The summed E-state index contributed by atoms with van der Waals surface area (Å²) in [7, 11) is -3.63. The summed E-state index contributed by atoms with van der Waals surface area (Å²) >= 11 is 0. The Kier molecular flexibility index (Phi) is 4.87. The Labute approximate surface area is 169 Å². The summed E-state index contributed by atoms with van der Waals surface area (Å²) < 4.78 is 34.1. The molecule has 0 unspecified atom stereocenters. The Balaban J connectivity index is 1.47. The fourth-order valence-electron chi connectivity index (χ4n) is 3.59. The molecule has 0 radical (unpaired) electrons. The number of aromatic nitrogens is 5. The Morgan fingerprint density at radius 2 is 1.62 bits per heavy atom. The molecule has 0 aliphatic carbocycles. The maximum absolute atomic E-state index is 12.9. The largest absolute Gasteiger partial charge is 0.360 e. The normalized spacial score (nSPS) is 15.8. The van der Waals surface area contributed by atoms with Crippen molar-refractivity contribution in [2.45, 2.75) is 32.6 Å². The number of piperazine rings is 1. The third-order valence-corrected chi connectivity index (χ3v) is 7.14. The van der Waals surface area contributed by atoms with Crippen LogP contribution in [-0.4, -0.2) is 64.0 Å². The van der Waals surface area contributed by atoms with E-state index in [2.05, 4.69) is 20.5 Å². The molecule has 29 heavy (non-hydrogen) atoms. The smallest absolute Gasteiger partial charge is 0.248 e. The predicted octanol–water partition coefficient (Wildman–Crippen LogP) is 1.39. The lowest BCUT2D eigenvalue weighted by Gasteiger charge is -2.34. The number of hydrogen-bond acceptors (Lipinski definition) is 8. The molecule has 1 aliphatic heterocycles. The van der Waals surface area contributed by atoms with E-state index in [1.54, 1.807) is 18.5 Å². The van der Waals surface area contributed by atoms with E-state index in [4.69, 9.17) is 4.52 Å². The highest BCUT2D eigenvalue weighted by molar-refractivity contribution is 7.89. The molecule has 3 aromatic rings. The highest BCUT2D eigenvalue weighted by Gasteiger charge is 2.33. The second-order valence-electron chi connectivity index (χ2n) is 7.13. The van der Waals surface area contributed by atoms with E-state index < -0.39 is 10.0 Å². The average molecular weight is 417 g/mol. The van der Waals surface area contributed by atoms with E-state index in [-0.39, 0.29) is 4.90 Å². The van der Waals surface area contributed by atoms with Gasteiger partial charge in [0.15, 0.2) is 17.4 Å². The van der Waals surface area contributed by atoms with Crippen LogP contribution in [0.1, 0.15) is 22.8 Å². The number of nitrogens with zero attached hydrogens (tertiary/aromatic N) is 7. The lowest BCUT2D eigenvalue weighted by atomic mass is 10.3. The van der Waals surface area contributed by atoms with Crippen molar-refractivity contribution < 1.29 is 12.9 Å². The van der Waals surface area contributed by atoms with Crippen LogP contribution in [-0.2, 0) is 10.0 Å². The summed E-state index contributed by atoms with van der Waals surface area (Å²) in [6, 6.07) is 5.74. The van der Waals surface area contributed by atoms with Crippen LogP contribution in [0.2, 0.25) is 0 Å². The van der Waals surface area contributed by atoms with Crippen LogP contribution < -0.4 is 4.90 Å². The topological polar surface area (TPSA) is 110 Å². The summed E-state index contributed by atoms with van der Waals surface area (Å²) in [5.74, 6) is 1.68. The van der Waals surface area contributed by atoms with Crippen LogP contribution in [0.4, 0.5) is 5.82 Å². The van der Waals surface area contributed by atoms with Crippen molar-refractivity contribution in [1.29, 1.82) is 0 Å². The maximum Gasteiger partial charge on any atom is 0.248 e. The molecule has 0 amide bonds. The average Bonchev–Trinajstić information content (AvgIpc) is 3.22. The second-order valence-corrected chi connectivity index (χ2v) is 9.01. The van der Waals surface area contributed by atoms with E-state index in [9.17, 15) is 8.42 Å². The van der Waals surface area contributed by atoms with Gasteiger partial charge in [0.25, 0.3) is 0 Å². The SMILES string of the molecule is Cc1cc(C)n(-c2ccc(N3CCN(S(=O)(=O)c4c(C)noc4C)CC3)nn2)n1. The fourth-order valence-corrected chi connectivity index (χ4v) is 5.30. The zero-order chi connectivity index (χ0) is 20.8. The Morgan fingerprint density at radius 1 is 0.966 bits per heavy atom. The summed E-state index contributed by atoms with van der Waals surface area (Å²) in [6.45, 7) is 8.91. The Hall–Kier alpha value is -2.79. The minimum atomic E-state index is -3.63.